The van der Waals surface area contributed by atoms with Crippen molar-refractivity contribution < 1.29 is 31.1 Å². The van der Waals surface area contributed by atoms with Crippen LogP contribution >= 0.6 is 22.9 Å². The molecule has 0 unspecified atom stereocenters. The Labute approximate surface area is 164 Å². The van der Waals surface area contributed by atoms with Gasteiger partial charge in [0.1, 0.15) is 11.0 Å². The third kappa shape index (κ3) is 3.93. The second-order valence-electron chi connectivity index (χ2n) is 5.31. The van der Waals surface area contributed by atoms with Crippen LogP contribution in [0.15, 0.2) is 17.0 Å². The number of sulfone groups is 1. The maximum Gasteiger partial charge on any atom is 0.445 e. The minimum Gasteiger partial charge on any atom is -0.469 e. The third-order valence-electron chi connectivity index (χ3n) is 3.48. The number of esters is 1. The first-order valence-corrected chi connectivity index (χ1v) is 10.1. The van der Waals surface area contributed by atoms with E-state index in [1.807, 2.05) is 0 Å². The molecule has 0 aliphatic carbocycles. The van der Waals surface area contributed by atoms with Gasteiger partial charge >= 0.3 is 12.1 Å². The second kappa shape index (κ2) is 7.25. The van der Waals surface area contributed by atoms with Crippen molar-refractivity contribution in [2.24, 2.45) is 0 Å². The van der Waals surface area contributed by atoms with Gasteiger partial charge in [-0.1, -0.05) is 28.2 Å². The van der Waals surface area contributed by atoms with E-state index in [1.165, 1.54) is 0 Å². The standard InChI is InChI=1S/C13H9ClF3N5O4S2/c1-26-9(23)2-3-28(24,25)6-4-7(14)10-8(5-6)22(21-18-10)12-20-19-11(27-12)13(15,16)17/h4-5H,2-3H2,1H3. The molecule has 0 N–H and O–H groups in total. The highest BCUT2D eigenvalue weighted by Crippen LogP contribution is 2.34. The molecule has 15 heteroatoms. The van der Waals surface area contributed by atoms with Gasteiger partial charge in [0, 0.05) is 0 Å². The molecule has 0 fully saturated rings. The van der Waals surface area contributed by atoms with E-state index in [1.54, 1.807) is 0 Å². The van der Waals surface area contributed by atoms with Crippen molar-refractivity contribution in [3.63, 3.8) is 0 Å². The molecule has 2 heterocycles. The number of hydrogen-bond acceptors (Lipinski definition) is 9. The quantitative estimate of drug-likeness (QED) is 0.538. The van der Waals surface area contributed by atoms with Crippen LogP contribution in [0.5, 0.6) is 0 Å². The number of hydrogen-bond donors (Lipinski definition) is 0. The van der Waals surface area contributed by atoms with E-state index in [0.717, 1.165) is 23.9 Å². The molecule has 3 rings (SSSR count). The number of aromatic nitrogens is 5. The van der Waals surface area contributed by atoms with Gasteiger partial charge in [0.25, 0.3) is 0 Å². The summed E-state index contributed by atoms with van der Waals surface area (Å²) in [6.07, 6.45) is -5.07. The SMILES string of the molecule is COC(=O)CCS(=O)(=O)c1cc(Cl)c2nnn(-c3nnc(C(F)(F)F)s3)c2c1. The molecule has 0 atom stereocenters. The first-order chi connectivity index (χ1) is 13.0. The molecule has 0 spiro atoms. The predicted molar refractivity (Wildman–Crippen MR) is 91.0 cm³/mol. The first-order valence-electron chi connectivity index (χ1n) is 7.28. The number of rotatable bonds is 5. The molecular weight excluding hydrogens is 447 g/mol. The molecule has 0 amide bonds. The summed E-state index contributed by atoms with van der Waals surface area (Å²) >= 11 is 6.26. The van der Waals surface area contributed by atoms with Gasteiger partial charge in [-0.2, -0.15) is 17.9 Å². The number of halogens is 4. The van der Waals surface area contributed by atoms with Crippen LogP contribution < -0.4 is 0 Å². The zero-order valence-corrected chi connectivity index (χ0v) is 16.2. The van der Waals surface area contributed by atoms with Crippen LogP contribution in [0.3, 0.4) is 0 Å². The molecular formula is C13H9ClF3N5O4S2. The average molecular weight is 456 g/mol. The molecule has 0 aliphatic heterocycles. The summed E-state index contributed by atoms with van der Waals surface area (Å²) < 4.78 is 68.5. The second-order valence-corrected chi connectivity index (χ2v) is 8.78. The van der Waals surface area contributed by atoms with Gasteiger partial charge in [0.15, 0.2) is 9.84 Å². The van der Waals surface area contributed by atoms with Crippen LogP contribution in [-0.4, -0.2) is 52.4 Å². The Morgan fingerprint density at radius 2 is 2.00 bits per heavy atom. The number of alkyl halides is 3. The van der Waals surface area contributed by atoms with E-state index >= 15 is 0 Å². The van der Waals surface area contributed by atoms with E-state index in [-0.39, 0.29) is 43.8 Å². The van der Waals surface area contributed by atoms with Crippen LogP contribution in [0.4, 0.5) is 13.2 Å². The lowest BCUT2D eigenvalue weighted by Gasteiger charge is -2.05. The fourth-order valence-electron chi connectivity index (χ4n) is 2.13. The topological polar surface area (TPSA) is 117 Å². The Morgan fingerprint density at radius 1 is 1.29 bits per heavy atom. The van der Waals surface area contributed by atoms with Gasteiger partial charge < -0.3 is 4.74 Å². The molecule has 0 aliphatic rings. The van der Waals surface area contributed by atoms with Crippen molar-refractivity contribution >= 4 is 49.8 Å². The van der Waals surface area contributed by atoms with Gasteiger partial charge in [0.05, 0.1) is 29.2 Å². The molecule has 28 heavy (non-hydrogen) atoms. The van der Waals surface area contributed by atoms with E-state index < -0.39 is 32.7 Å². The first kappa shape index (κ1) is 20.4. The molecule has 3 aromatic rings. The van der Waals surface area contributed by atoms with Crippen molar-refractivity contribution in [1.29, 1.82) is 0 Å². The highest BCUT2D eigenvalue weighted by Gasteiger charge is 2.36. The Hall–Kier alpha value is -2.32. The fourth-order valence-corrected chi connectivity index (χ4v) is 4.38. The zero-order chi connectivity index (χ0) is 20.7. The van der Waals surface area contributed by atoms with Crippen molar-refractivity contribution in [2.75, 3.05) is 12.9 Å². The lowest BCUT2D eigenvalue weighted by Crippen LogP contribution is -2.12. The highest BCUT2D eigenvalue weighted by molar-refractivity contribution is 7.91. The van der Waals surface area contributed by atoms with E-state index in [0.29, 0.717) is 0 Å². The molecule has 2 aromatic heterocycles. The Kier molecular flexibility index (Phi) is 5.29. The van der Waals surface area contributed by atoms with Crippen LogP contribution in [0.25, 0.3) is 16.2 Å². The summed E-state index contributed by atoms with van der Waals surface area (Å²) in [5.74, 6) is -1.25. The fraction of sp³-hybridized carbons (Fsp3) is 0.308. The molecule has 1 aromatic carbocycles. The Morgan fingerprint density at radius 3 is 2.61 bits per heavy atom. The molecule has 9 nitrogen and oxygen atoms in total. The van der Waals surface area contributed by atoms with Gasteiger partial charge in [-0.3, -0.25) is 4.79 Å². The van der Waals surface area contributed by atoms with Gasteiger partial charge in [-0.05, 0) is 12.1 Å². The van der Waals surface area contributed by atoms with Gasteiger partial charge in [-0.25, -0.2) is 8.42 Å². The monoisotopic (exact) mass is 455 g/mol. The van der Waals surface area contributed by atoms with Crippen molar-refractivity contribution in [2.45, 2.75) is 17.5 Å². The number of carbonyl (C=O) groups excluding carboxylic acids is 1. The number of benzene rings is 1. The maximum atomic E-state index is 12.7. The molecule has 0 bridgehead atoms. The smallest absolute Gasteiger partial charge is 0.445 e. The lowest BCUT2D eigenvalue weighted by atomic mass is 10.3. The normalized spacial score (nSPS) is 12.5. The van der Waals surface area contributed by atoms with Crippen molar-refractivity contribution in [3.05, 3.63) is 22.2 Å². The lowest BCUT2D eigenvalue weighted by molar-refractivity contribution is -0.140. The minimum atomic E-state index is -4.69. The molecule has 0 radical (unpaired) electrons. The number of ether oxygens (including phenoxy) is 1. The van der Waals surface area contributed by atoms with Crippen molar-refractivity contribution in [1.82, 2.24) is 25.2 Å². The number of carbonyl (C=O) groups is 1. The summed E-state index contributed by atoms with van der Waals surface area (Å²) in [6.45, 7) is 0. The van der Waals surface area contributed by atoms with E-state index in [2.05, 4.69) is 25.2 Å². The van der Waals surface area contributed by atoms with Crippen LogP contribution in [0.1, 0.15) is 11.4 Å². The minimum absolute atomic E-state index is 0.0222. The van der Waals surface area contributed by atoms with E-state index in [4.69, 9.17) is 11.6 Å². The summed E-state index contributed by atoms with van der Waals surface area (Å²) in [6, 6.07) is 2.26. The Bertz CT molecular complexity index is 1160. The predicted octanol–water partition coefficient (Wildman–Crippen LogP) is 2.28. The third-order valence-corrected chi connectivity index (χ3v) is 6.41. The largest absolute Gasteiger partial charge is 0.469 e. The zero-order valence-electron chi connectivity index (χ0n) is 13.8. The highest BCUT2D eigenvalue weighted by atomic mass is 35.5. The average Bonchev–Trinajstić information content (AvgIpc) is 3.26. The molecule has 150 valence electrons. The Balaban J connectivity index is 2.06. The molecule has 0 saturated carbocycles. The maximum absolute atomic E-state index is 12.7. The number of methoxy groups -OCH3 is 1. The summed E-state index contributed by atoms with van der Waals surface area (Å²) in [5, 5.41) is 12.4. The van der Waals surface area contributed by atoms with E-state index in [9.17, 15) is 26.4 Å². The molecule has 0 saturated heterocycles. The number of fused-ring (bicyclic) bond motifs is 1. The summed E-state index contributed by atoms with van der Waals surface area (Å²) in [4.78, 5) is 11.0. The van der Waals surface area contributed by atoms with Crippen LogP contribution in [0.2, 0.25) is 5.02 Å². The van der Waals surface area contributed by atoms with Gasteiger partial charge in [-0.15, -0.1) is 15.3 Å². The number of nitrogens with zero attached hydrogens (tertiary/aromatic N) is 5. The van der Waals surface area contributed by atoms with Crippen molar-refractivity contribution in [3.8, 4) is 5.13 Å². The van der Waals surface area contributed by atoms with Crippen LogP contribution in [0, 0.1) is 0 Å². The summed E-state index contributed by atoms with van der Waals surface area (Å²) in [7, 11) is -2.82. The summed E-state index contributed by atoms with van der Waals surface area (Å²) in [5.41, 5.74) is 0.0892. The van der Waals surface area contributed by atoms with Crippen LogP contribution in [-0.2, 0) is 25.5 Å². The van der Waals surface area contributed by atoms with Gasteiger partial charge in [0.2, 0.25) is 10.1 Å².